The van der Waals surface area contributed by atoms with Gasteiger partial charge in [-0.05, 0) is 26.0 Å². The van der Waals surface area contributed by atoms with Gasteiger partial charge in [0.1, 0.15) is 0 Å². The summed E-state index contributed by atoms with van der Waals surface area (Å²) in [5, 5.41) is 0. The monoisotopic (exact) mass is 202 g/mol. The van der Waals surface area contributed by atoms with Gasteiger partial charge in [0, 0.05) is 0 Å². The van der Waals surface area contributed by atoms with Gasteiger partial charge in [-0.2, -0.15) is 9.78 Å². The zero-order valence-corrected chi connectivity index (χ0v) is 8.26. The van der Waals surface area contributed by atoms with Crippen LogP contribution in [-0.4, -0.2) is 13.2 Å². The van der Waals surface area contributed by atoms with Crippen LogP contribution in [0.15, 0.2) is 22.8 Å². The maximum absolute atomic E-state index is 5.08. The van der Waals surface area contributed by atoms with Crippen LogP contribution in [0.25, 0.3) is 0 Å². The van der Waals surface area contributed by atoms with Crippen molar-refractivity contribution in [1.29, 1.82) is 0 Å². The molecule has 0 spiro atoms. The second kappa shape index (κ2) is 6.56. The Kier molecular flexibility index (Phi) is 5.24. The van der Waals surface area contributed by atoms with E-state index in [0.29, 0.717) is 19.0 Å². The summed E-state index contributed by atoms with van der Waals surface area (Å²) < 4.78 is 5.08. The first kappa shape index (κ1) is 11.2. The van der Waals surface area contributed by atoms with Crippen molar-refractivity contribution in [1.82, 2.24) is 0 Å². The molecule has 1 aromatic heterocycles. The molecule has 5 nitrogen and oxygen atoms in total. The summed E-state index contributed by atoms with van der Waals surface area (Å²) in [5.74, 6) is 0.493. The van der Waals surface area contributed by atoms with Crippen molar-refractivity contribution in [3.8, 4) is 0 Å². The minimum atomic E-state index is -0.787. The van der Waals surface area contributed by atoms with Crippen molar-refractivity contribution < 1.29 is 24.0 Å². The average Bonchev–Trinajstić information content (AvgIpc) is 2.71. The van der Waals surface area contributed by atoms with Crippen molar-refractivity contribution in [2.24, 2.45) is 0 Å². The van der Waals surface area contributed by atoms with Crippen molar-refractivity contribution in [3.05, 3.63) is 24.2 Å². The minimum Gasteiger partial charge on any atom is -0.464 e. The lowest BCUT2D eigenvalue weighted by atomic mass is 10.4. The largest absolute Gasteiger partial charge is 0.464 e. The third kappa shape index (κ3) is 3.47. The fourth-order valence-corrected chi connectivity index (χ4v) is 0.796. The fraction of sp³-hybridized carbons (Fsp3) is 0.556. The summed E-state index contributed by atoms with van der Waals surface area (Å²) in [6, 6.07) is 3.44. The normalized spacial score (nSPS) is 11.1. The molecule has 0 bridgehead atoms. The summed E-state index contributed by atoms with van der Waals surface area (Å²) in [4.78, 5) is 19.3. The van der Waals surface area contributed by atoms with E-state index >= 15 is 0 Å². The van der Waals surface area contributed by atoms with Gasteiger partial charge in [-0.15, -0.1) is 0 Å². The number of hydrogen-bond donors (Lipinski definition) is 0. The first-order valence-corrected chi connectivity index (χ1v) is 4.48. The molecule has 0 saturated carbocycles. The summed E-state index contributed by atoms with van der Waals surface area (Å²) in [7, 11) is 0. The molecular weight excluding hydrogens is 188 g/mol. The Hall–Kier alpha value is -0.880. The van der Waals surface area contributed by atoms with E-state index in [-0.39, 0.29) is 0 Å². The molecular formula is C9H14O5. The first-order chi connectivity index (χ1) is 6.88. The Labute approximate surface area is 82.4 Å². The van der Waals surface area contributed by atoms with E-state index < -0.39 is 6.29 Å². The van der Waals surface area contributed by atoms with Crippen LogP contribution in [0, 0.1) is 0 Å². The van der Waals surface area contributed by atoms with Gasteiger partial charge < -0.3 is 4.42 Å². The van der Waals surface area contributed by atoms with E-state index in [4.69, 9.17) is 24.0 Å². The van der Waals surface area contributed by atoms with Crippen molar-refractivity contribution >= 4 is 0 Å². The number of furan rings is 1. The van der Waals surface area contributed by atoms with Gasteiger partial charge in [-0.25, -0.2) is 9.78 Å². The van der Waals surface area contributed by atoms with Crippen molar-refractivity contribution in [2.75, 3.05) is 13.2 Å². The highest BCUT2D eigenvalue weighted by Gasteiger charge is 2.17. The van der Waals surface area contributed by atoms with Crippen LogP contribution in [-0.2, 0) is 19.6 Å². The van der Waals surface area contributed by atoms with Crippen molar-refractivity contribution in [3.63, 3.8) is 0 Å². The summed E-state index contributed by atoms with van der Waals surface area (Å²) in [6.07, 6.45) is 0.734. The minimum absolute atomic E-state index is 0.423. The molecule has 0 fully saturated rings. The first-order valence-electron chi connectivity index (χ1n) is 4.48. The Morgan fingerprint density at radius 1 is 1.21 bits per heavy atom. The molecule has 0 unspecified atom stereocenters. The lowest BCUT2D eigenvalue weighted by molar-refractivity contribution is -0.469. The molecule has 0 amide bonds. The highest BCUT2D eigenvalue weighted by molar-refractivity contribution is 4.99. The third-order valence-corrected chi connectivity index (χ3v) is 1.32. The van der Waals surface area contributed by atoms with E-state index in [1.54, 1.807) is 26.0 Å². The Bertz CT molecular complexity index is 213. The van der Waals surface area contributed by atoms with Crippen molar-refractivity contribution in [2.45, 2.75) is 20.1 Å². The van der Waals surface area contributed by atoms with E-state index in [1.807, 2.05) is 0 Å². The van der Waals surface area contributed by atoms with E-state index in [9.17, 15) is 0 Å². The molecule has 0 aliphatic rings. The van der Waals surface area contributed by atoms with Gasteiger partial charge >= 0.3 is 0 Å². The molecule has 1 rings (SSSR count). The molecule has 0 aromatic carbocycles. The molecule has 0 saturated heterocycles. The van der Waals surface area contributed by atoms with Crippen LogP contribution in [0.1, 0.15) is 25.9 Å². The Morgan fingerprint density at radius 3 is 2.29 bits per heavy atom. The highest BCUT2D eigenvalue weighted by Crippen LogP contribution is 2.19. The number of hydrogen-bond acceptors (Lipinski definition) is 5. The van der Waals surface area contributed by atoms with Gasteiger partial charge in [0.25, 0.3) is 6.29 Å². The van der Waals surface area contributed by atoms with Crippen LogP contribution in [0.5, 0.6) is 0 Å². The van der Waals surface area contributed by atoms with Crippen LogP contribution >= 0.6 is 0 Å². The standard InChI is InChI=1S/C9H14O5/c1-3-11-13-9(14-12-4-2)8-6-5-7-10-8/h5-7,9H,3-4H2,1-2H3. The van der Waals surface area contributed by atoms with Crippen LogP contribution in [0.4, 0.5) is 0 Å². The Balaban J connectivity index is 2.44. The summed E-state index contributed by atoms with van der Waals surface area (Å²) >= 11 is 0. The van der Waals surface area contributed by atoms with E-state index in [2.05, 4.69) is 0 Å². The molecule has 0 aliphatic heterocycles. The molecule has 1 aromatic rings. The van der Waals surface area contributed by atoms with Gasteiger partial charge in [0.15, 0.2) is 5.76 Å². The smallest absolute Gasteiger partial charge is 0.281 e. The zero-order valence-electron chi connectivity index (χ0n) is 8.26. The highest BCUT2D eigenvalue weighted by atomic mass is 17.3. The second-order valence-corrected chi connectivity index (χ2v) is 2.35. The maximum Gasteiger partial charge on any atom is 0.281 e. The second-order valence-electron chi connectivity index (χ2n) is 2.35. The molecule has 1 heterocycles. The summed E-state index contributed by atoms with van der Waals surface area (Å²) in [5.41, 5.74) is 0. The molecule has 14 heavy (non-hydrogen) atoms. The number of rotatable bonds is 7. The predicted octanol–water partition coefficient (Wildman–Crippen LogP) is 2.21. The quantitative estimate of drug-likeness (QED) is 0.385. The van der Waals surface area contributed by atoms with E-state index in [1.165, 1.54) is 6.26 Å². The van der Waals surface area contributed by atoms with Gasteiger partial charge in [-0.3, -0.25) is 0 Å². The molecule has 0 aliphatic carbocycles. The zero-order chi connectivity index (χ0) is 10.2. The molecule has 0 radical (unpaired) electrons. The maximum atomic E-state index is 5.08. The molecule has 0 atom stereocenters. The predicted molar refractivity (Wildman–Crippen MR) is 46.9 cm³/mol. The van der Waals surface area contributed by atoms with Crippen LogP contribution in [0.3, 0.4) is 0 Å². The van der Waals surface area contributed by atoms with Gasteiger partial charge in [0.05, 0.1) is 19.5 Å². The molecule has 0 N–H and O–H groups in total. The Morgan fingerprint density at radius 2 is 1.86 bits per heavy atom. The topological polar surface area (TPSA) is 50.1 Å². The fourth-order valence-electron chi connectivity index (χ4n) is 0.796. The molecule has 80 valence electrons. The third-order valence-electron chi connectivity index (χ3n) is 1.32. The SMILES string of the molecule is CCOOC(OOCC)c1ccco1. The van der Waals surface area contributed by atoms with Crippen LogP contribution in [0.2, 0.25) is 0 Å². The van der Waals surface area contributed by atoms with Crippen LogP contribution < -0.4 is 0 Å². The summed E-state index contributed by atoms with van der Waals surface area (Å²) in [6.45, 7) is 4.46. The molecule has 5 heteroatoms. The lowest BCUT2D eigenvalue weighted by Crippen LogP contribution is -2.09. The lowest BCUT2D eigenvalue weighted by Gasteiger charge is -2.12. The van der Waals surface area contributed by atoms with Gasteiger partial charge in [0.2, 0.25) is 0 Å². The van der Waals surface area contributed by atoms with E-state index in [0.717, 1.165) is 0 Å². The average molecular weight is 202 g/mol. The van der Waals surface area contributed by atoms with Gasteiger partial charge in [-0.1, -0.05) is 0 Å².